The second-order valence-electron chi connectivity index (χ2n) is 6.66. The molecule has 1 atom stereocenters. The van der Waals surface area contributed by atoms with Gasteiger partial charge >= 0.3 is 0 Å². The Kier molecular flexibility index (Phi) is 4.19. The van der Waals surface area contributed by atoms with Gasteiger partial charge in [0.15, 0.2) is 0 Å². The number of carbonyl (C=O) groups is 2. The van der Waals surface area contributed by atoms with Gasteiger partial charge in [0.05, 0.1) is 5.92 Å². The molecule has 2 fully saturated rings. The van der Waals surface area contributed by atoms with Crippen molar-refractivity contribution >= 4 is 17.5 Å². The van der Waals surface area contributed by atoms with E-state index in [1.165, 1.54) is 24.0 Å². The average molecular weight is 300 g/mol. The molecule has 1 aromatic carbocycles. The van der Waals surface area contributed by atoms with Gasteiger partial charge in [0, 0.05) is 24.7 Å². The number of hydrogen-bond donors (Lipinski definition) is 1. The van der Waals surface area contributed by atoms with Crippen molar-refractivity contribution in [3.8, 4) is 0 Å². The second kappa shape index (κ2) is 6.11. The molecule has 0 spiro atoms. The lowest BCUT2D eigenvalue weighted by molar-refractivity contribution is -0.126. The van der Waals surface area contributed by atoms with Crippen LogP contribution in [0.5, 0.6) is 0 Å². The van der Waals surface area contributed by atoms with Crippen molar-refractivity contribution < 1.29 is 9.59 Å². The summed E-state index contributed by atoms with van der Waals surface area (Å²) in [5.41, 5.74) is 3.29. The van der Waals surface area contributed by atoms with Crippen molar-refractivity contribution in [1.29, 1.82) is 0 Å². The molecule has 0 radical (unpaired) electrons. The maximum atomic E-state index is 12.4. The van der Waals surface area contributed by atoms with Gasteiger partial charge in [0.1, 0.15) is 0 Å². The largest absolute Gasteiger partial charge is 0.353 e. The third-order valence-corrected chi connectivity index (χ3v) is 5.00. The molecular formula is C18H24N2O2. The van der Waals surface area contributed by atoms with Crippen LogP contribution < -0.4 is 10.2 Å². The summed E-state index contributed by atoms with van der Waals surface area (Å²) in [6.45, 7) is 4.60. The molecule has 4 heteroatoms. The van der Waals surface area contributed by atoms with Gasteiger partial charge in [-0.3, -0.25) is 9.59 Å². The molecule has 2 aliphatic rings. The average Bonchev–Trinajstić information content (AvgIpc) is 3.11. The lowest BCUT2D eigenvalue weighted by Gasteiger charge is -2.19. The Hall–Kier alpha value is -1.84. The van der Waals surface area contributed by atoms with Gasteiger partial charge in [-0.25, -0.2) is 0 Å². The lowest BCUT2D eigenvalue weighted by Crippen LogP contribution is -2.38. The zero-order valence-electron chi connectivity index (χ0n) is 13.4. The summed E-state index contributed by atoms with van der Waals surface area (Å²) in [5, 5.41) is 3.12. The summed E-state index contributed by atoms with van der Waals surface area (Å²) in [4.78, 5) is 26.4. The normalized spacial score (nSPS) is 22.4. The maximum Gasteiger partial charge on any atom is 0.227 e. The van der Waals surface area contributed by atoms with E-state index in [0.717, 1.165) is 18.5 Å². The zero-order chi connectivity index (χ0) is 15.7. The molecule has 3 rings (SSSR count). The third kappa shape index (κ3) is 3.01. The highest BCUT2D eigenvalue weighted by Crippen LogP contribution is 2.27. The van der Waals surface area contributed by atoms with Gasteiger partial charge in [-0.1, -0.05) is 18.9 Å². The van der Waals surface area contributed by atoms with Crippen molar-refractivity contribution in [2.45, 2.75) is 52.0 Å². The maximum absolute atomic E-state index is 12.4. The first-order valence-corrected chi connectivity index (χ1v) is 8.22. The molecule has 0 aromatic heterocycles. The summed E-state index contributed by atoms with van der Waals surface area (Å²) >= 11 is 0. The standard InChI is InChI=1S/C18H24N2O2/c1-12-7-8-16(9-13(12)2)20-11-14(10-17(20)21)18(22)19-15-5-3-4-6-15/h7-9,14-15H,3-6,10-11H2,1-2H3,(H,19,22)/t14-/m0/s1. The molecule has 4 nitrogen and oxygen atoms in total. The smallest absolute Gasteiger partial charge is 0.227 e. The predicted molar refractivity (Wildman–Crippen MR) is 86.8 cm³/mol. The highest BCUT2D eigenvalue weighted by molar-refractivity contribution is 6.00. The number of rotatable bonds is 3. The molecule has 118 valence electrons. The Morgan fingerprint density at radius 3 is 2.59 bits per heavy atom. The quantitative estimate of drug-likeness (QED) is 0.933. The number of amides is 2. The fraction of sp³-hybridized carbons (Fsp3) is 0.556. The SMILES string of the molecule is Cc1ccc(N2C[C@@H](C(=O)NC3CCCC3)CC2=O)cc1C. The van der Waals surface area contributed by atoms with E-state index in [-0.39, 0.29) is 17.7 Å². The predicted octanol–water partition coefficient (Wildman–Crippen LogP) is 2.72. The number of nitrogens with zero attached hydrogens (tertiary/aromatic N) is 1. The molecule has 1 saturated carbocycles. The van der Waals surface area contributed by atoms with Gasteiger partial charge in [0.25, 0.3) is 0 Å². The van der Waals surface area contributed by atoms with Crippen molar-refractivity contribution in [3.63, 3.8) is 0 Å². The Bertz CT molecular complexity index is 591. The first kappa shape index (κ1) is 15.1. The minimum absolute atomic E-state index is 0.0478. The summed E-state index contributed by atoms with van der Waals surface area (Å²) in [7, 11) is 0. The van der Waals surface area contributed by atoms with Gasteiger partial charge in [-0.15, -0.1) is 0 Å². The van der Waals surface area contributed by atoms with Crippen LogP contribution in [0.4, 0.5) is 5.69 Å². The van der Waals surface area contributed by atoms with Gasteiger partial charge in [-0.05, 0) is 49.9 Å². The molecular weight excluding hydrogens is 276 g/mol. The molecule has 0 unspecified atom stereocenters. The molecule has 1 saturated heterocycles. The first-order chi connectivity index (χ1) is 10.5. The Labute approximate surface area is 131 Å². The minimum Gasteiger partial charge on any atom is -0.353 e. The Balaban J connectivity index is 1.67. The van der Waals surface area contributed by atoms with Gasteiger partial charge < -0.3 is 10.2 Å². The second-order valence-corrected chi connectivity index (χ2v) is 6.66. The summed E-state index contributed by atoms with van der Waals surface area (Å²) in [6.07, 6.45) is 4.87. The van der Waals surface area contributed by atoms with E-state index in [0.29, 0.717) is 19.0 Å². The molecule has 1 aliphatic heterocycles. The molecule has 1 heterocycles. The minimum atomic E-state index is -0.213. The summed E-state index contributed by atoms with van der Waals surface area (Å²) < 4.78 is 0. The van der Waals surface area contributed by atoms with E-state index >= 15 is 0 Å². The van der Waals surface area contributed by atoms with Crippen LogP contribution in [-0.4, -0.2) is 24.4 Å². The topological polar surface area (TPSA) is 49.4 Å². The van der Waals surface area contributed by atoms with Crippen LogP contribution >= 0.6 is 0 Å². The first-order valence-electron chi connectivity index (χ1n) is 8.22. The summed E-state index contributed by atoms with van der Waals surface area (Å²) in [5.74, 6) is -0.115. The highest BCUT2D eigenvalue weighted by atomic mass is 16.2. The number of anilines is 1. The third-order valence-electron chi connectivity index (χ3n) is 5.00. The van der Waals surface area contributed by atoms with E-state index < -0.39 is 0 Å². The van der Waals surface area contributed by atoms with E-state index in [1.807, 2.05) is 25.1 Å². The van der Waals surface area contributed by atoms with Gasteiger partial charge in [0.2, 0.25) is 11.8 Å². The van der Waals surface area contributed by atoms with Crippen molar-refractivity contribution in [2.75, 3.05) is 11.4 Å². The van der Waals surface area contributed by atoms with Crippen LogP contribution in [0.15, 0.2) is 18.2 Å². The number of carbonyl (C=O) groups excluding carboxylic acids is 2. The lowest BCUT2D eigenvalue weighted by atomic mass is 10.1. The number of hydrogen-bond acceptors (Lipinski definition) is 2. The number of nitrogens with one attached hydrogen (secondary N) is 1. The van der Waals surface area contributed by atoms with E-state index in [2.05, 4.69) is 12.2 Å². The molecule has 1 aliphatic carbocycles. The zero-order valence-corrected chi connectivity index (χ0v) is 13.4. The summed E-state index contributed by atoms with van der Waals surface area (Å²) in [6, 6.07) is 6.35. The van der Waals surface area contributed by atoms with Crippen LogP contribution in [0, 0.1) is 19.8 Å². The van der Waals surface area contributed by atoms with E-state index in [9.17, 15) is 9.59 Å². The molecule has 22 heavy (non-hydrogen) atoms. The number of aryl methyl sites for hydroxylation is 2. The van der Waals surface area contributed by atoms with Crippen LogP contribution in [-0.2, 0) is 9.59 Å². The Morgan fingerprint density at radius 2 is 1.91 bits per heavy atom. The van der Waals surface area contributed by atoms with Crippen LogP contribution in [0.1, 0.15) is 43.2 Å². The fourth-order valence-corrected chi connectivity index (χ4v) is 3.42. The van der Waals surface area contributed by atoms with Crippen LogP contribution in [0.2, 0.25) is 0 Å². The van der Waals surface area contributed by atoms with Crippen LogP contribution in [0.25, 0.3) is 0 Å². The molecule has 0 bridgehead atoms. The van der Waals surface area contributed by atoms with Crippen LogP contribution in [0.3, 0.4) is 0 Å². The fourth-order valence-electron chi connectivity index (χ4n) is 3.42. The van der Waals surface area contributed by atoms with E-state index in [1.54, 1.807) is 4.90 Å². The van der Waals surface area contributed by atoms with Crippen molar-refractivity contribution in [2.24, 2.45) is 5.92 Å². The Morgan fingerprint density at radius 1 is 1.18 bits per heavy atom. The molecule has 1 aromatic rings. The van der Waals surface area contributed by atoms with Crippen molar-refractivity contribution in [1.82, 2.24) is 5.32 Å². The molecule has 1 N–H and O–H groups in total. The number of benzene rings is 1. The molecule has 2 amide bonds. The van der Waals surface area contributed by atoms with Crippen molar-refractivity contribution in [3.05, 3.63) is 29.3 Å². The van der Waals surface area contributed by atoms with Gasteiger partial charge in [-0.2, -0.15) is 0 Å². The monoisotopic (exact) mass is 300 g/mol. The van der Waals surface area contributed by atoms with E-state index in [4.69, 9.17) is 0 Å². The highest BCUT2D eigenvalue weighted by Gasteiger charge is 2.36.